The second-order valence-electron chi connectivity index (χ2n) is 4.58. The van der Waals surface area contributed by atoms with E-state index in [0.717, 1.165) is 11.9 Å². The Morgan fingerprint density at radius 1 is 1.33 bits per heavy atom. The van der Waals surface area contributed by atoms with Crippen LogP contribution in [0.5, 0.6) is 0 Å². The smallest absolute Gasteiger partial charge is 0.0702 e. The van der Waals surface area contributed by atoms with E-state index in [4.69, 9.17) is 4.74 Å². The number of fused-ring (bicyclic) bond motifs is 1. The molecule has 0 bridgehead atoms. The van der Waals surface area contributed by atoms with E-state index in [1.807, 2.05) is 31.4 Å². The second-order valence-corrected chi connectivity index (χ2v) is 4.58. The van der Waals surface area contributed by atoms with E-state index in [9.17, 15) is 0 Å². The molecule has 0 aliphatic rings. The van der Waals surface area contributed by atoms with E-state index >= 15 is 0 Å². The average Bonchev–Trinajstić information content (AvgIpc) is 2.44. The fourth-order valence-electron chi connectivity index (χ4n) is 2.13. The number of methoxy groups -OCH3 is 1. The van der Waals surface area contributed by atoms with Crippen molar-refractivity contribution in [1.29, 1.82) is 0 Å². The first-order valence-electron chi connectivity index (χ1n) is 6.29. The predicted octanol–water partition coefficient (Wildman–Crippen LogP) is 2.92. The van der Waals surface area contributed by atoms with E-state index in [2.05, 4.69) is 29.4 Å². The number of rotatable bonds is 5. The number of pyridine rings is 1. The van der Waals surface area contributed by atoms with Gasteiger partial charge in [-0.1, -0.05) is 18.2 Å². The summed E-state index contributed by atoms with van der Waals surface area (Å²) in [6.07, 6.45) is 3.12. The van der Waals surface area contributed by atoms with Crippen molar-refractivity contribution in [3.05, 3.63) is 42.1 Å². The van der Waals surface area contributed by atoms with Gasteiger partial charge < -0.3 is 10.1 Å². The molecule has 0 spiro atoms. The molecular formula is C15H20N2O. The molecule has 0 fully saturated rings. The first-order chi connectivity index (χ1) is 8.74. The Labute approximate surface area is 108 Å². The molecule has 3 heteroatoms. The molecule has 18 heavy (non-hydrogen) atoms. The molecule has 2 aromatic rings. The first kappa shape index (κ1) is 13.0. The van der Waals surface area contributed by atoms with Crippen molar-refractivity contribution in [3.8, 4) is 0 Å². The van der Waals surface area contributed by atoms with Gasteiger partial charge in [-0.3, -0.25) is 4.98 Å². The predicted molar refractivity (Wildman–Crippen MR) is 74.6 cm³/mol. The van der Waals surface area contributed by atoms with Gasteiger partial charge in [0.15, 0.2) is 0 Å². The fraction of sp³-hybridized carbons (Fsp3) is 0.400. The van der Waals surface area contributed by atoms with Crippen LogP contribution in [0.1, 0.15) is 24.9 Å². The molecule has 0 radical (unpaired) electrons. The van der Waals surface area contributed by atoms with Gasteiger partial charge in [-0.15, -0.1) is 0 Å². The summed E-state index contributed by atoms with van der Waals surface area (Å²) in [6, 6.07) is 10.7. The van der Waals surface area contributed by atoms with Crippen LogP contribution in [-0.4, -0.2) is 25.2 Å². The minimum atomic E-state index is 0.230. The van der Waals surface area contributed by atoms with Crippen LogP contribution in [0.2, 0.25) is 0 Å². The lowest BCUT2D eigenvalue weighted by molar-refractivity contribution is 0.101. The van der Waals surface area contributed by atoms with Gasteiger partial charge in [-0.2, -0.15) is 0 Å². The van der Waals surface area contributed by atoms with E-state index in [1.165, 1.54) is 10.9 Å². The SMILES string of the molecule is CNC(CC(C)OC)c1cnc2ccccc2c1. The standard InChI is InChI=1S/C15H20N2O/c1-11(18-3)8-15(16-2)13-9-12-6-4-5-7-14(12)17-10-13/h4-7,9-11,15-16H,8H2,1-3H3. The van der Waals surface area contributed by atoms with E-state index in [1.54, 1.807) is 7.11 Å². The van der Waals surface area contributed by atoms with Crippen molar-refractivity contribution in [2.45, 2.75) is 25.5 Å². The molecule has 2 atom stereocenters. The lowest BCUT2D eigenvalue weighted by Crippen LogP contribution is -2.22. The van der Waals surface area contributed by atoms with E-state index in [-0.39, 0.29) is 12.1 Å². The van der Waals surface area contributed by atoms with Crippen molar-refractivity contribution < 1.29 is 4.74 Å². The molecule has 0 amide bonds. The highest BCUT2D eigenvalue weighted by Gasteiger charge is 2.14. The monoisotopic (exact) mass is 244 g/mol. The Morgan fingerprint density at radius 2 is 2.11 bits per heavy atom. The third kappa shape index (κ3) is 2.86. The Bertz CT molecular complexity index is 513. The average molecular weight is 244 g/mol. The number of hydrogen-bond acceptors (Lipinski definition) is 3. The highest BCUT2D eigenvalue weighted by atomic mass is 16.5. The van der Waals surface area contributed by atoms with Gasteiger partial charge in [0.25, 0.3) is 0 Å². The van der Waals surface area contributed by atoms with Gasteiger partial charge in [0.2, 0.25) is 0 Å². The van der Waals surface area contributed by atoms with Crippen molar-refractivity contribution in [2.24, 2.45) is 0 Å². The molecule has 0 saturated carbocycles. The number of nitrogens with zero attached hydrogens (tertiary/aromatic N) is 1. The zero-order chi connectivity index (χ0) is 13.0. The third-order valence-corrected chi connectivity index (χ3v) is 3.33. The van der Waals surface area contributed by atoms with Crippen molar-refractivity contribution in [2.75, 3.05) is 14.2 Å². The maximum atomic E-state index is 5.33. The first-order valence-corrected chi connectivity index (χ1v) is 6.29. The van der Waals surface area contributed by atoms with Crippen molar-refractivity contribution >= 4 is 10.9 Å². The van der Waals surface area contributed by atoms with E-state index < -0.39 is 0 Å². The van der Waals surface area contributed by atoms with E-state index in [0.29, 0.717) is 0 Å². The van der Waals surface area contributed by atoms with Gasteiger partial charge >= 0.3 is 0 Å². The highest BCUT2D eigenvalue weighted by Crippen LogP contribution is 2.22. The molecule has 1 aromatic carbocycles. The Kier molecular flexibility index (Phi) is 4.28. The zero-order valence-corrected chi connectivity index (χ0v) is 11.2. The molecule has 2 rings (SSSR count). The molecule has 0 aliphatic carbocycles. The van der Waals surface area contributed by atoms with Crippen LogP contribution < -0.4 is 5.32 Å². The topological polar surface area (TPSA) is 34.1 Å². The summed E-state index contributed by atoms with van der Waals surface area (Å²) in [7, 11) is 3.72. The number of para-hydroxylation sites is 1. The Morgan fingerprint density at radius 3 is 2.83 bits per heavy atom. The number of hydrogen-bond donors (Lipinski definition) is 1. The number of benzene rings is 1. The van der Waals surface area contributed by atoms with Crippen LogP contribution in [-0.2, 0) is 4.74 Å². The minimum absolute atomic E-state index is 0.230. The van der Waals surface area contributed by atoms with Crippen molar-refractivity contribution in [1.82, 2.24) is 10.3 Å². The molecule has 0 aliphatic heterocycles. The fourth-order valence-corrected chi connectivity index (χ4v) is 2.13. The van der Waals surface area contributed by atoms with Gasteiger partial charge in [0.05, 0.1) is 11.6 Å². The second kappa shape index (κ2) is 5.94. The molecular weight excluding hydrogens is 224 g/mol. The molecule has 1 N–H and O–H groups in total. The lowest BCUT2D eigenvalue weighted by Gasteiger charge is -2.20. The van der Waals surface area contributed by atoms with Crippen LogP contribution in [0.25, 0.3) is 10.9 Å². The summed E-state index contributed by atoms with van der Waals surface area (Å²) in [5.41, 5.74) is 2.25. The lowest BCUT2D eigenvalue weighted by atomic mass is 10.0. The van der Waals surface area contributed by atoms with Crippen LogP contribution in [0.4, 0.5) is 0 Å². The van der Waals surface area contributed by atoms with Gasteiger partial charge in [0, 0.05) is 24.7 Å². The molecule has 96 valence electrons. The summed E-state index contributed by atoms with van der Waals surface area (Å²) < 4.78 is 5.33. The summed E-state index contributed by atoms with van der Waals surface area (Å²) in [4.78, 5) is 4.50. The number of ether oxygens (including phenoxy) is 1. The molecule has 1 heterocycles. The van der Waals surface area contributed by atoms with Crippen LogP contribution in [0.3, 0.4) is 0 Å². The quantitative estimate of drug-likeness (QED) is 0.878. The number of nitrogens with one attached hydrogen (secondary N) is 1. The summed E-state index contributed by atoms with van der Waals surface area (Å²) in [6.45, 7) is 2.08. The van der Waals surface area contributed by atoms with Gasteiger partial charge in [-0.25, -0.2) is 0 Å². The summed E-state index contributed by atoms with van der Waals surface area (Å²) in [5.74, 6) is 0. The maximum absolute atomic E-state index is 5.33. The molecule has 0 saturated heterocycles. The van der Waals surface area contributed by atoms with Crippen molar-refractivity contribution in [3.63, 3.8) is 0 Å². The highest BCUT2D eigenvalue weighted by molar-refractivity contribution is 5.78. The summed E-state index contributed by atoms with van der Waals surface area (Å²) >= 11 is 0. The van der Waals surface area contributed by atoms with Crippen LogP contribution in [0, 0.1) is 0 Å². The Hall–Kier alpha value is -1.45. The zero-order valence-electron chi connectivity index (χ0n) is 11.2. The third-order valence-electron chi connectivity index (χ3n) is 3.33. The Balaban J connectivity index is 2.27. The molecule has 1 aromatic heterocycles. The minimum Gasteiger partial charge on any atom is -0.382 e. The normalized spacial score (nSPS) is 14.6. The van der Waals surface area contributed by atoms with Gasteiger partial charge in [-0.05, 0) is 38.1 Å². The number of aromatic nitrogens is 1. The summed E-state index contributed by atoms with van der Waals surface area (Å²) in [5, 5.41) is 4.51. The largest absolute Gasteiger partial charge is 0.382 e. The van der Waals surface area contributed by atoms with Gasteiger partial charge in [0.1, 0.15) is 0 Å². The molecule has 3 nitrogen and oxygen atoms in total. The molecule has 2 unspecified atom stereocenters. The van der Waals surface area contributed by atoms with Crippen LogP contribution in [0.15, 0.2) is 36.5 Å². The maximum Gasteiger partial charge on any atom is 0.0702 e. The van der Waals surface area contributed by atoms with Crippen LogP contribution >= 0.6 is 0 Å².